The van der Waals surface area contributed by atoms with E-state index in [-0.39, 0.29) is 23.8 Å². The van der Waals surface area contributed by atoms with Gasteiger partial charge in [0.1, 0.15) is 0 Å². The second-order valence-electron chi connectivity index (χ2n) is 4.00. The van der Waals surface area contributed by atoms with Crippen LogP contribution in [0, 0.1) is 0 Å². The number of carbonyl (C=O) groups is 1. The third-order valence-electron chi connectivity index (χ3n) is 2.55. The molecule has 1 amide bonds. The monoisotopic (exact) mass is 288 g/mol. The van der Waals surface area contributed by atoms with E-state index in [4.69, 9.17) is 10.5 Å². The van der Waals surface area contributed by atoms with Gasteiger partial charge < -0.3 is 20.5 Å². The van der Waals surface area contributed by atoms with Crippen LogP contribution in [0.2, 0.25) is 0 Å². The van der Waals surface area contributed by atoms with Crippen LogP contribution in [0.5, 0.6) is 11.5 Å². The third kappa shape index (κ3) is 5.40. The zero-order valence-corrected chi connectivity index (χ0v) is 11.2. The fourth-order valence-corrected chi connectivity index (χ4v) is 1.63. The van der Waals surface area contributed by atoms with Gasteiger partial charge in [0.05, 0.1) is 7.11 Å². The van der Waals surface area contributed by atoms with Crippen LogP contribution in [0.4, 0.5) is 8.78 Å². The molecule has 0 aliphatic heterocycles. The number of benzene rings is 1. The quantitative estimate of drug-likeness (QED) is 0.756. The highest BCUT2D eigenvalue weighted by Gasteiger charge is 2.11. The Morgan fingerprint density at radius 2 is 2.15 bits per heavy atom. The van der Waals surface area contributed by atoms with Crippen LogP contribution in [0.1, 0.15) is 12.0 Å². The third-order valence-corrected chi connectivity index (χ3v) is 2.55. The Balaban J connectivity index is 2.57. The molecule has 0 heterocycles. The van der Waals surface area contributed by atoms with Gasteiger partial charge in [-0.2, -0.15) is 8.78 Å². The number of carbonyl (C=O) groups excluding carboxylic acids is 1. The van der Waals surface area contributed by atoms with E-state index >= 15 is 0 Å². The Kier molecular flexibility index (Phi) is 6.72. The number of amides is 1. The van der Waals surface area contributed by atoms with Gasteiger partial charge in [-0.25, -0.2) is 0 Å². The molecule has 0 aromatic heterocycles. The Morgan fingerprint density at radius 1 is 1.40 bits per heavy atom. The van der Waals surface area contributed by atoms with Crippen molar-refractivity contribution in [2.45, 2.75) is 19.5 Å². The van der Waals surface area contributed by atoms with Crippen molar-refractivity contribution in [3.05, 3.63) is 23.8 Å². The number of halogens is 2. The van der Waals surface area contributed by atoms with Gasteiger partial charge in [0, 0.05) is 19.5 Å². The van der Waals surface area contributed by atoms with Crippen molar-refractivity contribution in [1.29, 1.82) is 0 Å². The van der Waals surface area contributed by atoms with Crippen molar-refractivity contribution in [3.8, 4) is 11.5 Å². The number of nitrogens with one attached hydrogen (secondary N) is 1. The van der Waals surface area contributed by atoms with Crippen molar-refractivity contribution >= 4 is 5.91 Å². The van der Waals surface area contributed by atoms with Gasteiger partial charge in [-0.1, -0.05) is 6.07 Å². The maximum atomic E-state index is 12.2. The first-order valence-electron chi connectivity index (χ1n) is 6.15. The van der Waals surface area contributed by atoms with Crippen LogP contribution in [-0.2, 0) is 11.2 Å². The molecule has 0 saturated carbocycles. The minimum Gasteiger partial charge on any atom is -0.493 e. The summed E-state index contributed by atoms with van der Waals surface area (Å²) in [5.74, 6) is 0.103. The van der Waals surface area contributed by atoms with Gasteiger partial charge in [0.25, 0.3) is 0 Å². The van der Waals surface area contributed by atoms with Crippen molar-refractivity contribution in [1.82, 2.24) is 5.32 Å². The predicted molar refractivity (Wildman–Crippen MR) is 70.0 cm³/mol. The molecule has 0 spiro atoms. The molecule has 0 atom stereocenters. The molecule has 1 aromatic carbocycles. The molecule has 5 nitrogen and oxygen atoms in total. The first-order chi connectivity index (χ1) is 9.56. The highest BCUT2D eigenvalue weighted by molar-refractivity contribution is 5.76. The number of hydrogen-bond donors (Lipinski definition) is 2. The lowest BCUT2D eigenvalue weighted by Crippen LogP contribution is -2.27. The number of rotatable bonds is 8. The van der Waals surface area contributed by atoms with Crippen molar-refractivity contribution in [2.24, 2.45) is 5.73 Å². The zero-order valence-electron chi connectivity index (χ0n) is 11.2. The summed E-state index contributed by atoms with van der Waals surface area (Å²) >= 11 is 0. The number of hydrogen-bond acceptors (Lipinski definition) is 4. The molecule has 0 unspecified atom stereocenters. The molecule has 7 heteroatoms. The van der Waals surface area contributed by atoms with E-state index in [2.05, 4.69) is 10.1 Å². The van der Waals surface area contributed by atoms with Gasteiger partial charge in [-0.15, -0.1) is 0 Å². The summed E-state index contributed by atoms with van der Waals surface area (Å²) in [5.41, 5.74) is 6.10. The van der Waals surface area contributed by atoms with Crippen LogP contribution >= 0.6 is 0 Å². The fourth-order valence-electron chi connectivity index (χ4n) is 1.63. The summed E-state index contributed by atoms with van der Waals surface area (Å²) in [6.45, 7) is -2.15. The smallest absolute Gasteiger partial charge is 0.387 e. The second kappa shape index (κ2) is 8.31. The topological polar surface area (TPSA) is 73.6 Å². The van der Waals surface area contributed by atoms with Crippen LogP contribution in [-0.4, -0.2) is 32.7 Å². The minimum absolute atomic E-state index is 0.0154. The summed E-state index contributed by atoms with van der Waals surface area (Å²) in [6, 6.07) is 4.67. The average molecular weight is 288 g/mol. The lowest BCUT2D eigenvalue weighted by molar-refractivity contribution is -0.120. The summed E-state index contributed by atoms with van der Waals surface area (Å²) in [7, 11) is 1.38. The lowest BCUT2D eigenvalue weighted by Gasteiger charge is -2.11. The summed E-state index contributed by atoms with van der Waals surface area (Å²) in [5, 5.41) is 2.71. The van der Waals surface area contributed by atoms with Crippen molar-refractivity contribution in [2.75, 3.05) is 20.2 Å². The first-order valence-corrected chi connectivity index (χ1v) is 6.15. The first kappa shape index (κ1) is 16.2. The van der Waals surface area contributed by atoms with Crippen LogP contribution in [0.3, 0.4) is 0 Å². The standard InChI is InChI=1S/C13H18F2N2O3/c1-19-11-8-9(2-3-10(11)20-13(14)15)5-7-17-12(18)4-6-16/h2-3,8,13H,4-7,16H2,1H3,(H,17,18). The van der Waals surface area contributed by atoms with Crippen LogP contribution in [0.25, 0.3) is 0 Å². The van der Waals surface area contributed by atoms with Gasteiger partial charge >= 0.3 is 6.61 Å². The highest BCUT2D eigenvalue weighted by atomic mass is 19.3. The molecule has 0 radical (unpaired) electrons. The van der Waals surface area contributed by atoms with Gasteiger partial charge in [0.2, 0.25) is 5.91 Å². The molecule has 0 saturated heterocycles. The molecule has 112 valence electrons. The summed E-state index contributed by atoms with van der Waals surface area (Å²) in [6.07, 6.45) is 0.839. The van der Waals surface area contributed by atoms with E-state index in [0.717, 1.165) is 5.56 Å². The lowest BCUT2D eigenvalue weighted by atomic mass is 10.1. The average Bonchev–Trinajstić information content (AvgIpc) is 2.40. The van der Waals surface area contributed by atoms with E-state index in [1.807, 2.05) is 0 Å². The normalized spacial score (nSPS) is 10.4. The van der Waals surface area contributed by atoms with Crippen molar-refractivity contribution in [3.63, 3.8) is 0 Å². The molecule has 0 aliphatic carbocycles. The Bertz CT molecular complexity index is 442. The SMILES string of the molecule is COc1cc(CCNC(=O)CCN)ccc1OC(F)F. The molecular formula is C13H18F2N2O3. The predicted octanol–water partition coefficient (Wildman–Crippen LogP) is 1.30. The molecule has 0 bridgehead atoms. The van der Waals surface area contributed by atoms with E-state index in [1.165, 1.54) is 13.2 Å². The Labute approximate surface area is 116 Å². The number of methoxy groups -OCH3 is 1. The molecular weight excluding hydrogens is 270 g/mol. The van der Waals surface area contributed by atoms with E-state index in [9.17, 15) is 13.6 Å². The second-order valence-corrected chi connectivity index (χ2v) is 4.00. The summed E-state index contributed by atoms with van der Waals surface area (Å²) in [4.78, 5) is 11.2. The van der Waals surface area contributed by atoms with E-state index in [0.29, 0.717) is 19.5 Å². The number of nitrogens with two attached hydrogens (primary N) is 1. The van der Waals surface area contributed by atoms with E-state index < -0.39 is 6.61 Å². The number of ether oxygens (including phenoxy) is 2. The Morgan fingerprint density at radius 3 is 2.75 bits per heavy atom. The Hall–Kier alpha value is -1.89. The maximum Gasteiger partial charge on any atom is 0.387 e. The zero-order chi connectivity index (χ0) is 15.0. The van der Waals surface area contributed by atoms with Crippen LogP contribution in [0.15, 0.2) is 18.2 Å². The molecule has 0 fully saturated rings. The summed E-state index contributed by atoms with van der Waals surface area (Å²) < 4.78 is 33.6. The molecule has 0 aliphatic rings. The van der Waals surface area contributed by atoms with Gasteiger partial charge in [-0.3, -0.25) is 4.79 Å². The van der Waals surface area contributed by atoms with E-state index in [1.54, 1.807) is 12.1 Å². The molecule has 1 aromatic rings. The fraction of sp³-hybridized carbons (Fsp3) is 0.462. The maximum absolute atomic E-state index is 12.2. The molecule has 3 N–H and O–H groups in total. The largest absolute Gasteiger partial charge is 0.493 e. The number of alkyl halides is 2. The molecule has 1 rings (SSSR count). The highest BCUT2D eigenvalue weighted by Crippen LogP contribution is 2.29. The van der Waals surface area contributed by atoms with Crippen LogP contribution < -0.4 is 20.5 Å². The minimum atomic E-state index is -2.90. The van der Waals surface area contributed by atoms with Crippen molar-refractivity contribution < 1.29 is 23.0 Å². The van der Waals surface area contributed by atoms with Gasteiger partial charge in [-0.05, 0) is 24.1 Å². The van der Waals surface area contributed by atoms with Gasteiger partial charge in [0.15, 0.2) is 11.5 Å². The molecule has 20 heavy (non-hydrogen) atoms.